The highest BCUT2D eigenvalue weighted by Crippen LogP contribution is 2.17. The van der Waals surface area contributed by atoms with Crippen molar-refractivity contribution in [3.8, 4) is 0 Å². The second-order valence-corrected chi connectivity index (χ2v) is 5.52. The van der Waals surface area contributed by atoms with Crippen molar-refractivity contribution in [1.82, 2.24) is 10.3 Å². The van der Waals surface area contributed by atoms with E-state index >= 15 is 0 Å². The average molecular weight is 275 g/mol. The van der Waals surface area contributed by atoms with Gasteiger partial charge in [0.1, 0.15) is 5.69 Å². The third kappa shape index (κ3) is 4.51. The van der Waals surface area contributed by atoms with Crippen molar-refractivity contribution >= 4 is 11.6 Å². The quantitative estimate of drug-likeness (QED) is 0.810. The Morgan fingerprint density at radius 1 is 1.25 bits per heavy atom. The maximum absolute atomic E-state index is 12.2. The number of aromatic nitrogens is 1. The molecule has 0 saturated heterocycles. The number of hydrogen-bond donors (Lipinski definition) is 2. The number of nitrogens with zero attached hydrogens (tertiary/aromatic N) is 1. The molecule has 1 aliphatic rings. The summed E-state index contributed by atoms with van der Waals surface area (Å²) in [5.41, 5.74) is 1.48. The van der Waals surface area contributed by atoms with Crippen molar-refractivity contribution in [2.75, 3.05) is 11.9 Å². The molecule has 1 amide bonds. The molecule has 1 aromatic rings. The van der Waals surface area contributed by atoms with Gasteiger partial charge in [0.05, 0.1) is 11.9 Å². The molecule has 2 rings (SSSR count). The van der Waals surface area contributed by atoms with Crippen molar-refractivity contribution in [1.29, 1.82) is 0 Å². The van der Waals surface area contributed by atoms with Crippen LogP contribution in [0.1, 0.15) is 62.4 Å². The highest BCUT2D eigenvalue weighted by molar-refractivity contribution is 5.92. The van der Waals surface area contributed by atoms with Crippen LogP contribution in [0.25, 0.3) is 0 Å². The van der Waals surface area contributed by atoms with Crippen LogP contribution < -0.4 is 10.6 Å². The Labute approximate surface area is 121 Å². The number of nitrogens with one attached hydrogen (secondary N) is 2. The predicted octanol–water partition coefficient (Wildman–Crippen LogP) is 3.36. The summed E-state index contributed by atoms with van der Waals surface area (Å²) in [6.07, 6.45) is 10.0. The molecule has 4 heteroatoms. The standard InChI is InChI=1S/C16H25N3O/c1-2-11-17-14-9-10-15(18-12-14)16(20)19-13-7-5-3-4-6-8-13/h9-10,12-13,17H,2-8,11H2,1H3,(H,19,20). The minimum Gasteiger partial charge on any atom is -0.384 e. The molecule has 1 aromatic heterocycles. The van der Waals surface area contributed by atoms with Gasteiger partial charge in [-0.3, -0.25) is 4.79 Å². The normalized spacial score (nSPS) is 16.4. The van der Waals surface area contributed by atoms with Crippen LogP contribution in [0.15, 0.2) is 18.3 Å². The van der Waals surface area contributed by atoms with Gasteiger partial charge in [-0.2, -0.15) is 0 Å². The first-order valence-electron chi connectivity index (χ1n) is 7.80. The van der Waals surface area contributed by atoms with E-state index in [0.717, 1.165) is 31.5 Å². The van der Waals surface area contributed by atoms with Gasteiger partial charge >= 0.3 is 0 Å². The van der Waals surface area contributed by atoms with Crippen molar-refractivity contribution in [2.24, 2.45) is 0 Å². The van der Waals surface area contributed by atoms with E-state index in [2.05, 4.69) is 22.5 Å². The Kier molecular flexibility index (Phi) is 5.84. The van der Waals surface area contributed by atoms with E-state index in [1.54, 1.807) is 12.3 Å². The summed E-state index contributed by atoms with van der Waals surface area (Å²) in [4.78, 5) is 16.4. The van der Waals surface area contributed by atoms with Crippen LogP contribution in [-0.2, 0) is 0 Å². The number of carbonyl (C=O) groups excluding carboxylic acids is 1. The lowest BCUT2D eigenvalue weighted by atomic mass is 10.1. The smallest absolute Gasteiger partial charge is 0.270 e. The fourth-order valence-corrected chi connectivity index (χ4v) is 2.59. The molecule has 1 saturated carbocycles. The number of hydrogen-bond acceptors (Lipinski definition) is 3. The molecule has 0 unspecified atom stereocenters. The monoisotopic (exact) mass is 275 g/mol. The summed E-state index contributed by atoms with van der Waals surface area (Å²) in [6, 6.07) is 4.04. The molecule has 1 fully saturated rings. The van der Waals surface area contributed by atoms with Gasteiger partial charge in [0.25, 0.3) is 5.91 Å². The predicted molar refractivity (Wildman–Crippen MR) is 82.0 cm³/mol. The Bertz CT molecular complexity index is 408. The van der Waals surface area contributed by atoms with Crippen LogP contribution in [0.4, 0.5) is 5.69 Å². The zero-order valence-electron chi connectivity index (χ0n) is 12.3. The molecule has 0 spiro atoms. The van der Waals surface area contributed by atoms with Crippen LogP contribution in [-0.4, -0.2) is 23.5 Å². The first-order chi connectivity index (χ1) is 9.79. The van der Waals surface area contributed by atoms with Crippen LogP contribution in [0, 0.1) is 0 Å². The third-order valence-corrected chi connectivity index (χ3v) is 3.77. The fourth-order valence-electron chi connectivity index (χ4n) is 2.59. The summed E-state index contributed by atoms with van der Waals surface area (Å²) in [5.74, 6) is -0.0426. The fraction of sp³-hybridized carbons (Fsp3) is 0.625. The van der Waals surface area contributed by atoms with Crippen molar-refractivity contribution < 1.29 is 4.79 Å². The molecule has 1 aliphatic carbocycles. The molecule has 0 radical (unpaired) electrons. The molecule has 0 bridgehead atoms. The maximum atomic E-state index is 12.2. The van der Waals surface area contributed by atoms with Crippen LogP contribution in [0.5, 0.6) is 0 Å². The van der Waals surface area contributed by atoms with Crippen molar-refractivity contribution in [3.05, 3.63) is 24.0 Å². The van der Waals surface area contributed by atoms with Gasteiger partial charge in [-0.05, 0) is 31.4 Å². The van der Waals surface area contributed by atoms with E-state index in [4.69, 9.17) is 0 Å². The summed E-state index contributed by atoms with van der Waals surface area (Å²) in [7, 11) is 0. The van der Waals surface area contributed by atoms with Crippen LogP contribution >= 0.6 is 0 Å². The molecule has 0 aliphatic heterocycles. The average Bonchev–Trinajstić information content (AvgIpc) is 2.74. The highest BCUT2D eigenvalue weighted by atomic mass is 16.1. The molecule has 1 heterocycles. The summed E-state index contributed by atoms with van der Waals surface area (Å²) in [5, 5.41) is 6.37. The third-order valence-electron chi connectivity index (χ3n) is 3.77. The van der Waals surface area contributed by atoms with Crippen molar-refractivity contribution in [3.63, 3.8) is 0 Å². The van der Waals surface area contributed by atoms with Crippen LogP contribution in [0.3, 0.4) is 0 Å². The minimum atomic E-state index is -0.0426. The number of rotatable bonds is 5. The minimum absolute atomic E-state index is 0.0426. The lowest BCUT2D eigenvalue weighted by Gasteiger charge is -2.15. The molecule has 0 atom stereocenters. The molecule has 2 N–H and O–H groups in total. The first-order valence-corrected chi connectivity index (χ1v) is 7.80. The number of carbonyl (C=O) groups is 1. The summed E-state index contributed by atoms with van der Waals surface area (Å²) < 4.78 is 0. The van der Waals surface area contributed by atoms with Gasteiger partial charge in [0.15, 0.2) is 0 Å². The van der Waals surface area contributed by atoms with E-state index in [1.165, 1.54) is 25.7 Å². The van der Waals surface area contributed by atoms with Gasteiger partial charge in [-0.1, -0.05) is 32.6 Å². The van der Waals surface area contributed by atoms with E-state index in [-0.39, 0.29) is 5.91 Å². The zero-order valence-corrected chi connectivity index (χ0v) is 12.3. The number of pyridine rings is 1. The Hall–Kier alpha value is -1.58. The van der Waals surface area contributed by atoms with Gasteiger partial charge < -0.3 is 10.6 Å². The first kappa shape index (κ1) is 14.8. The molecular formula is C16H25N3O. The second-order valence-electron chi connectivity index (χ2n) is 5.52. The Morgan fingerprint density at radius 3 is 2.60 bits per heavy atom. The van der Waals surface area contributed by atoms with Gasteiger partial charge in [0, 0.05) is 12.6 Å². The zero-order chi connectivity index (χ0) is 14.2. The largest absolute Gasteiger partial charge is 0.384 e. The molecular weight excluding hydrogens is 250 g/mol. The van der Waals surface area contributed by atoms with E-state index in [1.807, 2.05) is 6.07 Å². The number of anilines is 1. The highest BCUT2D eigenvalue weighted by Gasteiger charge is 2.16. The van der Waals surface area contributed by atoms with E-state index in [9.17, 15) is 4.79 Å². The summed E-state index contributed by atoms with van der Waals surface area (Å²) >= 11 is 0. The Balaban J connectivity index is 1.88. The lowest BCUT2D eigenvalue weighted by molar-refractivity contribution is 0.0928. The number of amides is 1. The second kappa shape index (κ2) is 7.88. The summed E-state index contributed by atoms with van der Waals surface area (Å²) in [6.45, 7) is 3.05. The van der Waals surface area contributed by atoms with E-state index < -0.39 is 0 Å². The SMILES string of the molecule is CCCNc1ccc(C(=O)NC2CCCCCC2)nc1. The molecule has 110 valence electrons. The van der Waals surface area contributed by atoms with E-state index in [0.29, 0.717) is 11.7 Å². The molecule has 0 aromatic carbocycles. The van der Waals surface area contributed by atoms with Gasteiger partial charge in [-0.15, -0.1) is 0 Å². The van der Waals surface area contributed by atoms with Gasteiger partial charge in [-0.25, -0.2) is 4.98 Å². The van der Waals surface area contributed by atoms with Crippen molar-refractivity contribution in [2.45, 2.75) is 57.9 Å². The lowest BCUT2D eigenvalue weighted by Crippen LogP contribution is -2.34. The Morgan fingerprint density at radius 2 is 2.00 bits per heavy atom. The molecule has 20 heavy (non-hydrogen) atoms. The van der Waals surface area contributed by atoms with Crippen LogP contribution in [0.2, 0.25) is 0 Å². The maximum Gasteiger partial charge on any atom is 0.270 e. The molecule has 4 nitrogen and oxygen atoms in total. The topological polar surface area (TPSA) is 54.0 Å². The van der Waals surface area contributed by atoms with Gasteiger partial charge in [0.2, 0.25) is 0 Å².